The Kier molecular flexibility index (Phi) is 5.09. The van der Waals surface area contributed by atoms with Crippen molar-refractivity contribution in [2.75, 3.05) is 27.7 Å². The first-order valence-electron chi connectivity index (χ1n) is 4.47. The lowest BCUT2D eigenvalue weighted by Gasteiger charge is -2.23. The molecule has 0 heterocycles. The fourth-order valence-electron chi connectivity index (χ4n) is 1.03. The Morgan fingerprint density at radius 1 is 1.33 bits per heavy atom. The van der Waals surface area contributed by atoms with Crippen LogP contribution in [-0.2, 0) is 4.79 Å². The molecule has 72 valence electrons. The van der Waals surface area contributed by atoms with Crippen molar-refractivity contribution in [2.45, 2.75) is 25.3 Å². The predicted molar refractivity (Wildman–Crippen MR) is 50.8 cm³/mol. The minimum Gasteiger partial charge on any atom is -0.331 e. The van der Waals surface area contributed by atoms with Crippen molar-refractivity contribution in [1.29, 1.82) is 0 Å². The van der Waals surface area contributed by atoms with Gasteiger partial charge >= 0.3 is 0 Å². The Morgan fingerprint density at radius 3 is 2.33 bits per heavy atom. The molecule has 0 saturated carbocycles. The Balaban J connectivity index is 3.27. The van der Waals surface area contributed by atoms with Gasteiger partial charge in [-0.15, -0.1) is 0 Å². The molecule has 12 heavy (non-hydrogen) atoms. The van der Waals surface area contributed by atoms with E-state index in [1.54, 1.807) is 0 Å². The van der Waals surface area contributed by atoms with Crippen molar-refractivity contribution >= 4 is 6.29 Å². The normalized spacial score (nSPS) is 14.3. The number of aldehydes is 1. The number of hydrogen-bond donors (Lipinski definition) is 1. The first-order chi connectivity index (χ1) is 5.45. The van der Waals surface area contributed by atoms with Crippen molar-refractivity contribution in [3.05, 3.63) is 0 Å². The van der Waals surface area contributed by atoms with Crippen LogP contribution in [0.15, 0.2) is 0 Å². The molecule has 1 atom stereocenters. The fourth-order valence-corrected chi connectivity index (χ4v) is 1.03. The summed E-state index contributed by atoms with van der Waals surface area (Å²) in [6.45, 7) is 1.14. The van der Waals surface area contributed by atoms with Gasteiger partial charge in [-0.25, -0.2) is 0 Å². The third kappa shape index (κ3) is 7.69. The Hall–Kier alpha value is -0.410. The highest BCUT2D eigenvalue weighted by Gasteiger charge is 2.06. The Morgan fingerprint density at radius 2 is 1.92 bits per heavy atom. The summed E-state index contributed by atoms with van der Waals surface area (Å²) >= 11 is 0. The quantitative estimate of drug-likeness (QED) is 0.359. The van der Waals surface area contributed by atoms with Gasteiger partial charge in [0.15, 0.2) is 0 Å². The highest BCUT2D eigenvalue weighted by molar-refractivity contribution is 5.56. The molecule has 0 bridgehead atoms. The summed E-state index contributed by atoms with van der Waals surface area (Å²) in [4.78, 5) is 10.2. The van der Waals surface area contributed by atoms with Crippen LogP contribution >= 0.6 is 0 Å². The van der Waals surface area contributed by atoms with E-state index in [1.807, 2.05) is 0 Å². The molecular formula is C9H21N2O+. The van der Waals surface area contributed by atoms with E-state index >= 15 is 0 Å². The third-order valence-corrected chi connectivity index (χ3v) is 1.79. The Labute approximate surface area is 75.1 Å². The topological polar surface area (TPSA) is 43.1 Å². The lowest BCUT2D eigenvalue weighted by molar-refractivity contribution is -0.870. The van der Waals surface area contributed by atoms with E-state index in [2.05, 4.69) is 21.1 Å². The molecule has 0 rings (SSSR count). The number of hydrogen-bond acceptors (Lipinski definition) is 2. The van der Waals surface area contributed by atoms with Gasteiger partial charge in [0.1, 0.15) is 6.29 Å². The van der Waals surface area contributed by atoms with Crippen molar-refractivity contribution in [1.82, 2.24) is 0 Å². The van der Waals surface area contributed by atoms with Crippen LogP contribution in [0.3, 0.4) is 0 Å². The molecule has 0 aromatic rings. The van der Waals surface area contributed by atoms with Gasteiger partial charge < -0.3 is 15.0 Å². The fraction of sp³-hybridized carbons (Fsp3) is 0.889. The zero-order chi connectivity index (χ0) is 9.61. The largest absolute Gasteiger partial charge is 0.331 e. The molecule has 0 amide bonds. The third-order valence-electron chi connectivity index (χ3n) is 1.79. The number of unbranched alkanes of at least 4 members (excludes halogenated alkanes) is 1. The van der Waals surface area contributed by atoms with E-state index < -0.39 is 0 Å². The molecule has 0 unspecified atom stereocenters. The van der Waals surface area contributed by atoms with Crippen LogP contribution in [0, 0.1) is 0 Å². The van der Waals surface area contributed by atoms with E-state index in [4.69, 9.17) is 5.73 Å². The minimum absolute atomic E-state index is 0.252. The number of carbonyl (C=O) groups excluding carboxylic acids is 1. The molecule has 3 heteroatoms. The SMILES string of the molecule is C[N+](C)(C)CCCC[C@H](N)C=O. The first-order valence-corrected chi connectivity index (χ1v) is 4.47. The number of quaternary nitrogens is 1. The summed E-state index contributed by atoms with van der Waals surface area (Å²) in [5, 5.41) is 0. The standard InChI is InChI=1S/C9H21N2O/c1-11(2,3)7-5-4-6-9(10)8-12/h8-9H,4-7,10H2,1-3H3/q+1/t9-/m0/s1. The second kappa shape index (κ2) is 5.27. The highest BCUT2D eigenvalue weighted by Crippen LogP contribution is 2.01. The van der Waals surface area contributed by atoms with Gasteiger partial charge in [-0.3, -0.25) is 0 Å². The number of rotatable bonds is 6. The van der Waals surface area contributed by atoms with Crippen LogP contribution in [-0.4, -0.2) is 44.5 Å². The molecule has 0 aromatic heterocycles. The minimum atomic E-state index is -0.252. The smallest absolute Gasteiger partial charge is 0.136 e. The zero-order valence-corrected chi connectivity index (χ0v) is 8.42. The van der Waals surface area contributed by atoms with Gasteiger partial charge in [0.25, 0.3) is 0 Å². The van der Waals surface area contributed by atoms with E-state index in [1.165, 1.54) is 0 Å². The first kappa shape index (κ1) is 11.6. The average molecular weight is 173 g/mol. The molecule has 0 spiro atoms. The summed E-state index contributed by atoms with van der Waals surface area (Å²) in [5.41, 5.74) is 5.45. The van der Waals surface area contributed by atoms with Gasteiger partial charge in [-0.2, -0.15) is 0 Å². The van der Waals surface area contributed by atoms with Crippen LogP contribution in [0.1, 0.15) is 19.3 Å². The predicted octanol–water partition coefficient (Wildman–Crippen LogP) is 0.389. The van der Waals surface area contributed by atoms with E-state index in [9.17, 15) is 4.79 Å². The summed E-state index contributed by atoms with van der Waals surface area (Å²) < 4.78 is 0.982. The highest BCUT2D eigenvalue weighted by atomic mass is 16.1. The maximum absolute atomic E-state index is 10.2. The van der Waals surface area contributed by atoms with Crippen LogP contribution in [0.5, 0.6) is 0 Å². The summed E-state index contributed by atoms with van der Waals surface area (Å²) in [5.74, 6) is 0. The molecule has 0 saturated heterocycles. The molecular weight excluding hydrogens is 152 g/mol. The van der Waals surface area contributed by atoms with Crippen molar-refractivity contribution in [2.24, 2.45) is 5.73 Å². The molecule has 0 radical (unpaired) electrons. The molecule has 0 aliphatic heterocycles. The monoisotopic (exact) mass is 173 g/mol. The van der Waals surface area contributed by atoms with E-state index in [0.717, 1.165) is 36.6 Å². The molecule has 0 aliphatic carbocycles. The van der Waals surface area contributed by atoms with Gasteiger partial charge in [-0.1, -0.05) is 0 Å². The number of nitrogens with zero attached hydrogens (tertiary/aromatic N) is 1. The van der Waals surface area contributed by atoms with Crippen molar-refractivity contribution < 1.29 is 9.28 Å². The van der Waals surface area contributed by atoms with E-state index in [0.29, 0.717) is 0 Å². The molecule has 0 aromatic carbocycles. The van der Waals surface area contributed by atoms with Crippen LogP contribution in [0.25, 0.3) is 0 Å². The number of carbonyl (C=O) groups is 1. The van der Waals surface area contributed by atoms with Crippen LogP contribution in [0.2, 0.25) is 0 Å². The molecule has 3 nitrogen and oxygen atoms in total. The Bertz CT molecular complexity index is 129. The second-order valence-corrected chi connectivity index (χ2v) is 4.31. The summed E-state index contributed by atoms with van der Waals surface area (Å²) in [6, 6.07) is -0.252. The summed E-state index contributed by atoms with van der Waals surface area (Å²) in [6.07, 6.45) is 3.84. The second-order valence-electron chi connectivity index (χ2n) is 4.31. The maximum atomic E-state index is 10.2. The lowest BCUT2D eigenvalue weighted by atomic mass is 10.1. The molecule has 0 fully saturated rings. The lowest BCUT2D eigenvalue weighted by Crippen LogP contribution is -2.35. The van der Waals surface area contributed by atoms with Crippen molar-refractivity contribution in [3.63, 3.8) is 0 Å². The van der Waals surface area contributed by atoms with Gasteiger partial charge in [-0.05, 0) is 19.3 Å². The van der Waals surface area contributed by atoms with Gasteiger partial charge in [0, 0.05) is 0 Å². The average Bonchev–Trinajstić information content (AvgIpc) is 1.96. The van der Waals surface area contributed by atoms with E-state index in [-0.39, 0.29) is 6.04 Å². The summed E-state index contributed by atoms with van der Waals surface area (Å²) in [7, 11) is 6.50. The maximum Gasteiger partial charge on any atom is 0.136 e. The van der Waals surface area contributed by atoms with Gasteiger partial charge in [0.05, 0.1) is 33.7 Å². The van der Waals surface area contributed by atoms with Crippen molar-refractivity contribution in [3.8, 4) is 0 Å². The van der Waals surface area contributed by atoms with Crippen LogP contribution < -0.4 is 5.73 Å². The molecule has 2 N–H and O–H groups in total. The van der Waals surface area contributed by atoms with Crippen LogP contribution in [0.4, 0.5) is 0 Å². The molecule has 0 aliphatic rings. The number of nitrogens with two attached hydrogens (primary N) is 1. The zero-order valence-electron chi connectivity index (χ0n) is 8.42. The van der Waals surface area contributed by atoms with Gasteiger partial charge in [0.2, 0.25) is 0 Å².